The highest BCUT2D eigenvalue weighted by atomic mass is 14.7. The minimum atomic E-state index is -0.326. The zero-order valence-corrected chi connectivity index (χ0v) is 28.6. The van der Waals surface area contributed by atoms with E-state index in [0.29, 0.717) is 6.54 Å². The van der Waals surface area contributed by atoms with Crippen molar-refractivity contribution in [2.75, 3.05) is 0 Å². The molecule has 0 amide bonds. The molecule has 3 nitrogen and oxygen atoms in total. The Kier molecular flexibility index (Phi) is 8.27. The first-order valence-corrected chi connectivity index (χ1v) is 17.4. The summed E-state index contributed by atoms with van der Waals surface area (Å²) in [5, 5.41) is 12.3. The van der Waals surface area contributed by atoms with Crippen LogP contribution in [0.2, 0.25) is 0 Å². The van der Waals surface area contributed by atoms with Crippen molar-refractivity contribution in [1.82, 2.24) is 0 Å². The predicted octanol–water partition coefficient (Wildman–Crippen LogP) is 10.8. The van der Waals surface area contributed by atoms with Gasteiger partial charge in [0.2, 0.25) is 0 Å². The molecule has 2 aliphatic carbocycles. The number of nitrogen functional groups attached to an aromatic ring is 1. The maximum atomic E-state index is 7.01. The van der Waals surface area contributed by atoms with Gasteiger partial charge in [-0.15, -0.1) is 0 Å². The molecule has 0 radical (unpaired) electrons. The Labute approximate surface area is 299 Å². The van der Waals surface area contributed by atoms with Crippen molar-refractivity contribution < 1.29 is 0 Å². The predicted molar refractivity (Wildman–Crippen MR) is 214 cm³/mol. The molecule has 0 unspecified atom stereocenters. The Morgan fingerprint density at radius 2 is 1.02 bits per heavy atom. The van der Waals surface area contributed by atoms with Crippen LogP contribution in [0.15, 0.2) is 176 Å². The van der Waals surface area contributed by atoms with Crippen LogP contribution in [0.25, 0.3) is 43.8 Å². The molecule has 0 saturated carbocycles. The number of hydrogen-bond donors (Lipinski definition) is 3. The smallest absolute Gasteiger partial charge is 0.122 e. The number of aryl methyl sites for hydroxylation is 1. The van der Waals surface area contributed by atoms with E-state index >= 15 is 0 Å². The summed E-state index contributed by atoms with van der Waals surface area (Å²) in [7, 11) is 0. The van der Waals surface area contributed by atoms with Gasteiger partial charge in [0.1, 0.15) is 5.84 Å². The lowest BCUT2D eigenvalue weighted by atomic mass is 9.68. The first-order valence-electron chi connectivity index (χ1n) is 17.4. The van der Waals surface area contributed by atoms with Crippen LogP contribution < -0.4 is 11.5 Å². The summed E-state index contributed by atoms with van der Waals surface area (Å²) in [5.41, 5.74) is 24.6. The second-order valence-corrected chi connectivity index (χ2v) is 13.2. The highest BCUT2D eigenvalue weighted by Gasteiger charge is 2.53. The third-order valence-corrected chi connectivity index (χ3v) is 10.3. The molecule has 0 aliphatic heterocycles. The minimum Gasteiger partial charge on any atom is -0.384 e. The van der Waals surface area contributed by atoms with Gasteiger partial charge in [-0.05, 0) is 78.5 Å². The summed E-state index contributed by atoms with van der Waals surface area (Å²) in [5.74, 6) is 0.121. The van der Waals surface area contributed by atoms with Gasteiger partial charge in [0.15, 0.2) is 0 Å². The third-order valence-electron chi connectivity index (χ3n) is 10.3. The van der Waals surface area contributed by atoms with Crippen molar-refractivity contribution in [2.45, 2.75) is 18.9 Å². The first-order chi connectivity index (χ1) is 25.0. The third kappa shape index (κ3) is 5.31. The van der Waals surface area contributed by atoms with Crippen molar-refractivity contribution in [1.29, 1.82) is 5.41 Å². The van der Waals surface area contributed by atoms with Crippen LogP contribution in [0, 0.1) is 12.3 Å². The standard InChI is InChI=1S/C34H22.C7H8N2.C7H9N/c1-21-14-17-25-23(20-21)16-19-29-28-18-15-22-8-2-3-9-24(22)32(28)34(33(25)29)30-12-6-4-10-26(30)27-11-5-7-13-31(27)34;8-7(9)6-4-2-1-3-5-6;8-6-7-4-2-1-3-5-7/h2-20H,1H3;1-5H,(H3,8,9);1-5H,6,8H2. The summed E-state index contributed by atoms with van der Waals surface area (Å²) in [4.78, 5) is 0. The summed E-state index contributed by atoms with van der Waals surface area (Å²) in [6, 6.07) is 62.5. The summed E-state index contributed by atoms with van der Waals surface area (Å²) < 4.78 is 0. The number of rotatable bonds is 2. The molecule has 51 heavy (non-hydrogen) atoms. The van der Waals surface area contributed by atoms with Crippen LogP contribution >= 0.6 is 0 Å². The summed E-state index contributed by atoms with van der Waals surface area (Å²) in [6.07, 6.45) is 0. The fraction of sp³-hybridized carbons (Fsp3) is 0.0625. The van der Waals surface area contributed by atoms with E-state index in [1.165, 1.54) is 77.2 Å². The van der Waals surface area contributed by atoms with Gasteiger partial charge in [0.05, 0.1) is 5.41 Å². The van der Waals surface area contributed by atoms with Gasteiger partial charge in [0.25, 0.3) is 0 Å². The lowest BCUT2D eigenvalue weighted by Crippen LogP contribution is -2.26. The largest absolute Gasteiger partial charge is 0.384 e. The van der Waals surface area contributed by atoms with Gasteiger partial charge in [-0.2, -0.15) is 0 Å². The van der Waals surface area contributed by atoms with E-state index in [1.54, 1.807) is 0 Å². The van der Waals surface area contributed by atoms with E-state index in [4.69, 9.17) is 16.9 Å². The minimum absolute atomic E-state index is 0.121. The van der Waals surface area contributed by atoms with E-state index in [9.17, 15) is 0 Å². The van der Waals surface area contributed by atoms with E-state index in [1.807, 2.05) is 60.7 Å². The fourth-order valence-corrected chi connectivity index (χ4v) is 8.11. The highest BCUT2D eigenvalue weighted by molar-refractivity contribution is 6.08. The first kappa shape index (κ1) is 31.9. The Bertz CT molecular complexity index is 2510. The molecule has 246 valence electrons. The zero-order chi connectivity index (χ0) is 35.0. The highest BCUT2D eigenvalue weighted by Crippen LogP contribution is 2.65. The van der Waals surface area contributed by atoms with Gasteiger partial charge >= 0.3 is 0 Å². The van der Waals surface area contributed by atoms with E-state index < -0.39 is 0 Å². The molecule has 10 rings (SSSR count). The number of benzene rings is 8. The molecule has 0 fully saturated rings. The van der Waals surface area contributed by atoms with Crippen LogP contribution in [-0.2, 0) is 12.0 Å². The SMILES string of the molecule is Cc1ccc2c3c(ccc2c1)-c1ccc2ccccc2c1C31c2ccccc2-c2ccccc21.N=C(N)c1ccccc1.NCc1ccccc1. The second-order valence-electron chi connectivity index (χ2n) is 13.2. The van der Waals surface area contributed by atoms with Crippen LogP contribution in [-0.4, -0.2) is 5.84 Å². The van der Waals surface area contributed by atoms with Gasteiger partial charge in [0, 0.05) is 12.1 Å². The molecule has 0 saturated heterocycles. The Balaban J connectivity index is 0.000000181. The van der Waals surface area contributed by atoms with Crippen LogP contribution in [0.5, 0.6) is 0 Å². The van der Waals surface area contributed by atoms with Crippen molar-refractivity contribution >= 4 is 27.4 Å². The van der Waals surface area contributed by atoms with Gasteiger partial charge in [-0.3, -0.25) is 5.41 Å². The quantitative estimate of drug-likeness (QED) is 0.128. The number of fused-ring (bicyclic) bond motifs is 14. The average Bonchev–Trinajstić information content (AvgIpc) is 3.66. The summed E-state index contributed by atoms with van der Waals surface area (Å²) in [6.45, 7) is 2.83. The number of nitrogens with one attached hydrogen (secondary N) is 1. The lowest BCUT2D eigenvalue weighted by molar-refractivity contribution is 0.809. The van der Waals surface area contributed by atoms with Crippen LogP contribution in [0.1, 0.15) is 38.9 Å². The molecule has 0 heterocycles. The van der Waals surface area contributed by atoms with Crippen molar-refractivity contribution in [3.8, 4) is 22.3 Å². The molecule has 3 heteroatoms. The Morgan fingerprint density at radius 1 is 0.510 bits per heavy atom. The van der Waals surface area contributed by atoms with E-state index in [2.05, 4.69) is 122 Å². The van der Waals surface area contributed by atoms with Crippen LogP contribution in [0.3, 0.4) is 0 Å². The normalized spacial score (nSPS) is 12.5. The molecule has 0 atom stereocenters. The Morgan fingerprint density at radius 3 is 1.59 bits per heavy atom. The van der Waals surface area contributed by atoms with E-state index in [-0.39, 0.29) is 11.3 Å². The van der Waals surface area contributed by atoms with Gasteiger partial charge in [-0.25, -0.2) is 0 Å². The number of amidine groups is 1. The van der Waals surface area contributed by atoms with Crippen LogP contribution in [0.4, 0.5) is 0 Å². The maximum Gasteiger partial charge on any atom is 0.122 e. The second kappa shape index (κ2) is 13.2. The molecule has 8 aromatic carbocycles. The fourth-order valence-electron chi connectivity index (χ4n) is 8.11. The molecule has 1 spiro atoms. The van der Waals surface area contributed by atoms with Gasteiger partial charge < -0.3 is 11.5 Å². The Hall–Kier alpha value is -6.29. The molecule has 2 aliphatic rings. The lowest BCUT2D eigenvalue weighted by Gasteiger charge is -2.32. The van der Waals surface area contributed by atoms with Gasteiger partial charge in [-0.1, -0.05) is 181 Å². The maximum absolute atomic E-state index is 7.01. The molecular weight excluding hydrogens is 619 g/mol. The van der Waals surface area contributed by atoms with E-state index in [0.717, 1.165) is 5.56 Å². The van der Waals surface area contributed by atoms with Crippen molar-refractivity contribution in [3.05, 3.63) is 215 Å². The topological polar surface area (TPSA) is 75.9 Å². The average molecular weight is 658 g/mol. The van der Waals surface area contributed by atoms with Crippen molar-refractivity contribution in [3.63, 3.8) is 0 Å². The molecular formula is C48H39N3. The monoisotopic (exact) mass is 657 g/mol. The number of hydrogen-bond acceptors (Lipinski definition) is 2. The zero-order valence-electron chi connectivity index (χ0n) is 28.6. The van der Waals surface area contributed by atoms with Crippen molar-refractivity contribution in [2.24, 2.45) is 11.5 Å². The summed E-state index contributed by atoms with van der Waals surface area (Å²) >= 11 is 0. The number of nitrogens with two attached hydrogens (primary N) is 2. The molecule has 5 N–H and O–H groups in total. The molecule has 0 bridgehead atoms. The molecule has 0 aromatic heterocycles. The molecule has 8 aromatic rings.